The number of nitrogens with zero attached hydrogens (tertiary/aromatic N) is 3. The van der Waals surface area contributed by atoms with Crippen molar-refractivity contribution in [3.63, 3.8) is 0 Å². The number of fused-ring (bicyclic) bond motifs is 7. The monoisotopic (exact) mass is 466 g/mol. The van der Waals surface area contributed by atoms with Gasteiger partial charge in [0.15, 0.2) is 0 Å². The number of nitrogens with one attached hydrogen (secondary N) is 1. The standard InChI is InChI=1S/C23H19ClN4O5/c1-11-4-2-5-13-19(11)25-22(31)23(13)18-17(15-6-3-9-26(15)23)20(29)27(21(18)30)12-7-8-14(24)16(10-12)28(32)33/h2,4-5,7-8,10,15,17-18H,3,6,9H2,1H3,(H,25,31)/t15-,17-,18-,23-/m1/s1. The number of nitro benzene ring substituents is 1. The van der Waals surface area contributed by atoms with Crippen LogP contribution >= 0.6 is 11.6 Å². The van der Waals surface area contributed by atoms with E-state index in [1.54, 1.807) is 0 Å². The van der Waals surface area contributed by atoms with Crippen LogP contribution in [-0.4, -0.2) is 40.1 Å². The molecule has 0 aromatic heterocycles. The van der Waals surface area contributed by atoms with Gasteiger partial charge in [-0.1, -0.05) is 29.8 Å². The second kappa shape index (κ2) is 6.61. The Morgan fingerprint density at radius 1 is 1.18 bits per heavy atom. The van der Waals surface area contributed by atoms with E-state index in [2.05, 4.69) is 5.32 Å². The number of hydrogen-bond acceptors (Lipinski definition) is 6. The fourth-order valence-corrected chi connectivity index (χ4v) is 6.60. The van der Waals surface area contributed by atoms with Crippen LogP contribution in [0.5, 0.6) is 0 Å². The van der Waals surface area contributed by atoms with Gasteiger partial charge in [0.05, 0.1) is 22.4 Å². The lowest BCUT2D eigenvalue weighted by Gasteiger charge is -2.36. The van der Waals surface area contributed by atoms with E-state index >= 15 is 0 Å². The maximum absolute atomic E-state index is 13.9. The first-order valence-corrected chi connectivity index (χ1v) is 11.2. The lowest BCUT2D eigenvalue weighted by atomic mass is 9.75. The second-order valence-corrected chi connectivity index (χ2v) is 9.44. The van der Waals surface area contributed by atoms with Gasteiger partial charge in [0.25, 0.3) is 5.69 Å². The zero-order chi connectivity index (χ0) is 23.2. The van der Waals surface area contributed by atoms with Crippen molar-refractivity contribution in [2.75, 3.05) is 16.8 Å². The molecular formula is C23H19ClN4O5. The number of aryl methyl sites for hydroxylation is 1. The van der Waals surface area contributed by atoms with Crippen molar-refractivity contribution in [2.24, 2.45) is 11.8 Å². The predicted octanol–water partition coefficient (Wildman–Crippen LogP) is 2.99. The summed E-state index contributed by atoms with van der Waals surface area (Å²) in [6.45, 7) is 2.51. The van der Waals surface area contributed by atoms with Gasteiger partial charge in [-0.2, -0.15) is 0 Å². The van der Waals surface area contributed by atoms with Crippen LogP contribution in [0, 0.1) is 28.9 Å². The van der Waals surface area contributed by atoms with E-state index in [0.29, 0.717) is 18.7 Å². The third kappa shape index (κ3) is 2.33. The van der Waals surface area contributed by atoms with Crippen molar-refractivity contribution in [3.8, 4) is 0 Å². The van der Waals surface area contributed by atoms with Crippen LogP contribution in [0.4, 0.5) is 17.1 Å². The first-order chi connectivity index (χ1) is 15.8. The fourth-order valence-electron chi connectivity index (χ4n) is 6.41. The van der Waals surface area contributed by atoms with Crippen molar-refractivity contribution in [1.29, 1.82) is 0 Å². The highest BCUT2D eigenvalue weighted by Crippen LogP contribution is 2.61. The van der Waals surface area contributed by atoms with Crippen LogP contribution in [0.1, 0.15) is 24.0 Å². The molecule has 4 aliphatic rings. The van der Waals surface area contributed by atoms with Crippen molar-refractivity contribution in [1.82, 2.24) is 4.90 Å². The lowest BCUT2D eigenvalue weighted by molar-refractivity contribution is -0.384. The number of benzene rings is 2. The molecule has 1 spiro atoms. The van der Waals surface area contributed by atoms with Crippen molar-refractivity contribution in [3.05, 3.63) is 62.7 Å². The predicted molar refractivity (Wildman–Crippen MR) is 119 cm³/mol. The van der Waals surface area contributed by atoms with E-state index in [4.69, 9.17) is 11.6 Å². The smallest absolute Gasteiger partial charge is 0.289 e. The van der Waals surface area contributed by atoms with E-state index in [1.807, 2.05) is 30.0 Å². The quantitative estimate of drug-likeness (QED) is 0.413. The van der Waals surface area contributed by atoms with Gasteiger partial charge in [-0.05, 0) is 44.0 Å². The minimum atomic E-state index is -1.27. The Bertz CT molecular complexity index is 1300. The Morgan fingerprint density at radius 3 is 2.73 bits per heavy atom. The molecule has 4 aliphatic heterocycles. The number of hydrogen-bond donors (Lipinski definition) is 1. The van der Waals surface area contributed by atoms with Crippen molar-refractivity contribution >= 4 is 46.4 Å². The summed E-state index contributed by atoms with van der Waals surface area (Å²) in [5.74, 6) is -2.85. The maximum atomic E-state index is 13.9. The molecule has 4 heterocycles. The summed E-state index contributed by atoms with van der Waals surface area (Å²) in [6.07, 6.45) is 1.52. The summed E-state index contributed by atoms with van der Waals surface area (Å²) in [5.41, 5.74) is 0.736. The zero-order valence-electron chi connectivity index (χ0n) is 17.6. The molecule has 33 heavy (non-hydrogen) atoms. The average molecular weight is 467 g/mol. The van der Waals surface area contributed by atoms with E-state index in [1.165, 1.54) is 12.1 Å². The number of amides is 3. The maximum Gasteiger partial charge on any atom is 0.289 e. The van der Waals surface area contributed by atoms with Crippen LogP contribution in [0.3, 0.4) is 0 Å². The number of nitro groups is 1. The van der Waals surface area contributed by atoms with Gasteiger partial charge in [0.1, 0.15) is 10.6 Å². The summed E-state index contributed by atoms with van der Waals surface area (Å²) >= 11 is 5.94. The molecule has 3 saturated heterocycles. The Kier molecular flexibility index (Phi) is 4.07. The summed E-state index contributed by atoms with van der Waals surface area (Å²) in [7, 11) is 0. The molecule has 0 aliphatic carbocycles. The SMILES string of the molecule is Cc1cccc2c1NC(=O)[C@]21[C@H]2C(=O)N(c3ccc(Cl)c([N+](=O)[O-])c3)C(=O)[C@@H]2[C@H]2CCCN21. The Labute approximate surface area is 193 Å². The van der Waals surface area contributed by atoms with Gasteiger partial charge in [0, 0.05) is 23.4 Å². The summed E-state index contributed by atoms with van der Waals surface area (Å²) in [4.78, 5) is 55.0. The molecule has 0 bridgehead atoms. The topological polar surface area (TPSA) is 113 Å². The molecule has 168 valence electrons. The normalized spacial score (nSPS) is 30.1. The van der Waals surface area contributed by atoms with Crippen LogP contribution in [0.25, 0.3) is 0 Å². The molecule has 6 rings (SSSR count). The molecule has 9 nitrogen and oxygen atoms in total. The Balaban J connectivity index is 1.54. The van der Waals surface area contributed by atoms with Gasteiger partial charge in [-0.3, -0.25) is 29.4 Å². The molecule has 2 aromatic carbocycles. The zero-order valence-corrected chi connectivity index (χ0v) is 18.3. The molecule has 0 radical (unpaired) electrons. The van der Waals surface area contributed by atoms with Crippen LogP contribution in [0.15, 0.2) is 36.4 Å². The molecule has 3 amide bonds. The van der Waals surface area contributed by atoms with Crippen LogP contribution < -0.4 is 10.2 Å². The Hall–Kier alpha value is -3.30. The third-order valence-electron chi connectivity index (χ3n) is 7.62. The van der Waals surface area contributed by atoms with Gasteiger partial charge in [-0.15, -0.1) is 0 Å². The van der Waals surface area contributed by atoms with Crippen molar-refractivity contribution < 1.29 is 19.3 Å². The van der Waals surface area contributed by atoms with Crippen LogP contribution in [0.2, 0.25) is 5.02 Å². The molecule has 4 atom stereocenters. The number of anilines is 2. The number of rotatable bonds is 2. The molecule has 3 fully saturated rings. The number of para-hydroxylation sites is 1. The first kappa shape index (κ1) is 20.3. The first-order valence-electron chi connectivity index (χ1n) is 10.8. The lowest BCUT2D eigenvalue weighted by Crippen LogP contribution is -2.54. The molecule has 10 heteroatoms. The van der Waals surface area contributed by atoms with E-state index < -0.39 is 34.1 Å². The summed E-state index contributed by atoms with van der Waals surface area (Å²) in [5, 5.41) is 14.3. The Morgan fingerprint density at radius 2 is 1.97 bits per heavy atom. The largest absolute Gasteiger partial charge is 0.324 e. The molecule has 0 saturated carbocycles. The highest BCUT2D eigenvalue weighted by Gasteiger charge is 2.74. The molecular weight excluding hydrogens is 448 g/mol. The highest BCUT2D eigenvalue weighted by atomic mass is 35.5. The minimum absolute atomic E-state index is 0.0824. The van der Waals surface area contributed by atoms with E-state index in [0.717, 1.165) is 28.5 Å². The van der Waals surface area contributed by atoms with Crippen molar-refractivity contribution in [2.45, 2.75) is 31.3 Å². The highest BCUT2D eigenvalue weighted by molar-refractivity contribution is 6.33. The fraction of sp³-hybridized carbons (Fsp3) is 0.348. The van der Waals surface area contributed by atoms with Gasteiger partial charge in [0.2, 0.25) is 17.7 Å². The average Bonchev–Trinajstić information content (AvgIpc) is 3.48. The number of carbonyl (C=O) groups excluding carboxylic acids is 3. The molecule has 0 unspecified atom stereocenters. The number of imide groups is 1. The van der Waals surface area contributed by atoms with E-state index in [-0.39, 0.29) is 28.3 Å². The molecule has 1 N–H and O–H groups in total. The summed E-state index contributed by atoms with van der Waals surface area (Å²) in [6, 6.07) is 9.23. The van der Waals surface area contributed by atoms with Gasteiger partial charge in [-0.25, -0.2) is 4.90 Å². The minimum Gasteiger partial charge on any atom is -0.324 e. The second-order valence-electron chi connectivity index (χ2n) is 9.03. The van der Waals surface area contributed by atoms with E-state index in [9.17, 15) is 24.5 Å². The number of halogens is 1. The van der Waals surface area contributed by atoms with Gasteiger partial charge >= 0.3 is 0 Å². The van der Waals surface area contributed by atoms with Gasteiger partial charge < -0.3 is 5.32 Å². The number of carbonyl (C=O) groups is 3. The van der Waals surface area contributed by atoms with Crippen LogP contribution in [-0.2, 0) is 19.9 Å². The summed E-state index contributed by atoms with van der Waals surface area (Å²) < 4.78 is 0. The molecule has 2 aromatic rings. The third-order valence-corrected chi connectivity index (χ3v) is 7.94.